The highest BCUT2D eigenvalue weighted by atomic mass is 35.5. The smallest absolute Gasteiger partial charge is 0.254 e. The number of nitrogen functional groups attached to an aromatic ring is 1. The Morgan fingerprint density at radius 3 is 2.70 bits per heavy atom. The Bertz CT molecular complexity index is 987. The van der Waals surface area contributed by atoms with Crippen molar-refractivity contribution in [1.29, 1.82) is 0 Å². The molecule has 0 aliphatic heterocycles. The van der Waals surface area contributed by atoms with Crippen LogP contribution in [0.25, 0.3) is 11.5 Å². The Morgan fingerprint density at radius 2 is 2.11 bits per heavy atom. The molecule has 2 heterocycles. The van der Waals surface area contributed by atoms with Gasteiger partial charge in [-0.15, -0.1) is 10.2 Å². The molecule has 3 aromatic rings. The molecule has 9 nitrogen and oxygen atoms in total. The van der Waals surface area contributed by atoms with E-state index in [1.54, 1.807) is 32.3 Å². The van der Waals surface area contributed by atoms with E-state index in [2.05, 4.69) is 25.5 Å². The first-order valence-electron chi connectivity index (χ1n) is 8.12. The standard InChI is InChI=1S/C17H18ClN7O2/c1-4-13-23-24-15(27-13)11-8-20-17(22-14(11)19)21-9-5-6-10(12(18)7-9)16(26)25(2)3/h5-8H,4H2,1-3H3,(H3,19,20,21,22). The molecule has 0 atom stereocenters. The first kappa shape index (κ1) is 18.6. The van der Waals surface area contributed by atoms with Crippen molar-refractivity contribution in [2.24, 2.45) is 0 Å². The van der Waals surface area contributed by atoms with Gasteiger partial charge in [-0.3, -0.25) is 4.79 Å². The van der Waals surface area contributed by atoms with Crippen LogP contribution in [-0.2, 0) is 6.42 Å². The molecule has 140 valence electrons. The Kier molecular flexibility index (Phi) is 5.22. The number of hydrogen-bond donors (Lipinski definition) is 2. The maximum Gasteiger partial charge on any atom is 0.254 e. The molecule has 0 bridgehead atoms. The summed E-state index contributed by atoms with van der Waals surface area (Å²) < 4.78 is 5.47. The van der Waals surface area contributed by atoms with Gasteiger partial charge >= 0.3 is 0 Å². The fourth-order valence-electron chi connectivity index (χ4n) is 2.26. The van der Waals surface area contributed by atoms with Crippen LogP contribution in [0.4, 0.5) is 17.5 Å². The zero-order valence-electron chi connectivity index (χ0n) is 15.0. The lowest BCUT2D eigenvalue weighted by atomic mass is 10.2. The number of nitrogens with zero attached hydrogens (tertiary/aromatic N) is 5. The lowest BCUT2D eigenvalue weighted by molar-refractivity contribution is 0.0828. The third kappa shape index (κ3) is 3.98. The Balaban J connectivity index is 1.81. The van der Waals surface area contributed by atoms with Gasteiger partial charge in [0.2, 0.25) is 11.8 Å². The fraction of sp³-hybridized carbons (Fsp3) is 0.235. The number of halogens is 1. The van der Waals surface area contributed by atoms with Crippen molar-refractivity contribution >= 4 is 35.0 Å². The van der Waals surface area contributed by atoms with Crippen molar-refractivity contribution in [1.82, 2.24) is 25.1 Å². The number of benzene rings is 1. The Morgan fingerprint density at radius 1 is 1.33 bits per heavy atom. The predicted octanol–water partition coefficient (Wildman–Crippen LogP) is 2.77. The molecule has 1 aromatic carbocycles. The van der Waals surface area contributed by atoms with Crippen molar-refractivity contribution < 1.29 is 9.21 Å². The van der Waals surface area contributed by atoms with Crippen LogP contribution in [0.5, 0.6) is 0 Å². The molecule has 0 aliphatic carbocycles. The molecule has 10 heteroatoms. The number of nitrogens with two attached hydrogens (primary N) is 1. The van der Waals surface area contributed by atoms with Gasteiger partial charge in [-0.05, 0) is 18.2 Å². The van der Waals surface area contributed by atoms with E-state index in [4.69, 9.17) is 21.8 Å². The van der Waals surface area contributed by atoms with Gasteiger partial charge < -0.3 is 20.4 Å². The maximum absolute atomic E-state index is 12.0. The largest absolute Gasteiger partial charge is 0.421 e. The molecule has 27 heavy (non-hydrogen) atoms. The van der Waals surface area contributed by atoms with Gasteiger partial charge in [-0.1, -0.05) is 18.5 Å². The van der Waals surface area contributed by atoms with Crippen LogP contribution in [0.15, 0.2) is 28.8 Å². The van der Waals surface area contributed by atoms with E-state index in [0.717, 1.165) is 0 Å². The Labute approximate surface area is 160 Å². The normalized spacial score (nSPS) is 10.7. The second kappa shape index (κ2) is 7.58. The van der Waals surface area contributed by atoms with Gasteiger partial charge in [0.1, 0.15) is 5.82 Å². The van der Waals surface area contributed by atoms with Crippen molar-refractivity contribution in [2.45, 2.75) is 13.3 Å². The Hall–Kier alpha value is -3.20. The van der Waals surface area contributed by atoms with E-state index in [1.807, 2.05) is 6.92 Å². The number of carbonyl (C=O) groups excluding carboxylic acids is 1. The van der Waals surface area contributed by atoms with Gasteiger partial charge in [-0.25, -0.2) is 4.98 Å². The number of aryl methyl sites for hydroxylation is 1. The molecule has 0 saturated heterocycles. The van der Waals surface area contributed by atoms with Crippen molar-refractivity contribution in [2.75, 3.05) is 25.1 Å². The number of amides is 1. The molecule has 0 spiro atoms. The van der Waals surface area contributed by atoms with Gasteiger partial charge in [0.15, 0.2) is 0 Å². The third-order valence-corrected chi connectivity index (χ3v) is 3.99. The fourth-order valence-corrected chi connectivity index (χ4v) is 2.52. The molecule has 1 amide bonds. The zero-order valence-corrected chi connectivity index (χ0v) is 15.8. The molecule has 0 radical (unpaired) electrons. The second-order valence-electron chi connectivity index (χ2n) is 5.87. The number of nitrogens with one attached hydrogen (secondary N) is 1. The lowest BCUT2D eigenvalue weighted by Gasteiger charge is -2.13. The van der Waals surface area contributed by atoms with Gasteiger partial charge in [0, 0.05) is 32.4 Å². The molecule has 2 aromatic heterocycles. The summed E-state index contributed by atoms with van der Waals surface area (Å²) in [6.45, 7) is 1.91. The molecule has 3 N–H and O–H groups in total. The van der Waals surface area contributed by atoms with Crippen molar-refractivity contribution in [3.05, 3.63) is 40.9 Å². The highest BCUT2D eigenvalue weighted by Crippen LogP contribution is 2.26. The summed E-state index contributed by atoms with van der Waals surface area (Å²) >= 11 is 6.21. The van der Waals surface area contributed by atoms with E-state index in [0.29, 0.717) is 34.1 Å². The first-order valence-corrected chi connectivity index (χ1v) is 8.50. The number of anilines is 3. The lowest BCUT2D eigenvalue weighted by Crippen LogP contribution is -2.21. The van der Waals surface area contributed by atoms with Crippen LogP contribution in [-0.4, -0.2) is 45.1 Å². The minimum atomic E-state index is -0.178. The van der Waals surface area contributed by atoms with Crippen LogP contribution in [0.1, 0.15) is 23.2 Å². The van der Waals surface area contributed by atoms with E-state index < -0.39 is 0 Å². The monoisotopic (exact) mass is 387 g/mol. The molecule has 3 rings (SSSR count). The molecular formula is C17H18ClN7O2. The van der Waals surface area contributed by atoms with E-state index >= 15 is 0 Å². The average molecular weight is 388 g/mol. The van der Waals surface area contributed by atoms with Crippen LogP contribution >= 0.6 is 11.6 Å². The molecule has 0 fully saturated rings. The third-order valence-electron chi connectivity index (χ3n) is 3.68. The van der Waals surface area contributed by atoms with Crippen LogP contribution in [0.3, 0.4) is 0 Å². The molecular weight excluding hydrogens is 370 g/mol. The van der Waals surface area contributed by atoms with Crippen molar-refractivity contribution in [3.63, 3.8) is 0 Å². The summed E-state index contributed by atoms with van der Waals surface area (Å²) in [5, 5.41) is 11.1. The molecule has 0 saturated carbocycles. The first-order chi connectivity index (χ1) is 12.9. The summed E-state index contributed by atoms with van der Waals surface area (Å²) in [7, 11) is 3.33. The van der Waals surface area contributed by atoms with E-state index in [1.165, 1.54) is 11.1 Å². The van der Waals surface area contributed by atoms with Gasteiger partial charge in [0.05, 0.1) is 16.1 Å². The highest BCUT2D eigenvalue weighted by Gasteiger charge is 2.15. The number of rotatable bonds is 5. The SMILES string of the molecule is CCc1nnc(-c2cnc(Nc3ccc(C(=O)N(C)C)c(Cl)c3)nc2N)o1. The summed E-state index contributed by atoms with van der Waals surface area (Å²) in [6, 6.07) is 4.97. The maximum atomic E-state index is 12.0. The van der Waals surface area contributed by atoms with Crippen molar-refractivity contribution in [3.8, 4) is 11.5 Å². The molecule has 0 unspecified atom stereocenters. The average Bonchev–Trinajstić information content (AvgIpc) is 3.10. The number of hydrogen-bond acceptors (Lipinski definition) is 8. The van der Waals surface area contributed by atoms with E-state index in [-0.39, 0.29) is 23.6 Å². The van der Waals surface area contributed by atoms with Crippen LogP contribution in [0.2, 0.25) is 5.02 Å². The summed E-state index contributed by atoms with van der Waals surface area (Å²) in [6.07, 6.45) is 2.13. The van der Waals surface area contributed by atoms with E-state index in [9.17, 15) is 4.79 Å². The van der Waals surface area contributed by atoms with Gasteiger partial charge in [-0.2, -0.15) is 4.98 Å². The summed E-state index contributed by atoms with van der Waals surface area (Å²) in [5.74, 6) is 1.07. The minimum absolute atomic E-state index is 0.178. The summed E-state index contributed by atoms with van der Waals surface area (Å²) in [5.41, 5.74) is 7.47. The zero-order chi connectivity index (χ0) is 19.6. The highest BCUT2D eigenvalue weighted by molar-refractivity contribution is 6.34. The number of aromatic nitrogens is 4. The van der Waals surface area contributed by atoms with Gasteiger partial charge in [0.25, 0.3) is 11.8 Å². The quantitative estimate of drug-likeness (QED) is 0.684. The minimum Gasteiger partial charge on any atom is -0.421 e. The molecule has 0 aliphatic rings. The van der Waals surface area contributed by atoms with Crippen LogP contribution in [0, 0.1) is 0 Å². The van der Waals surface area contributed by atoms with Crippen LogP contribution < -0.4 is 11.1 Å². The topological polar surface area (TPSA) is 123 Å². The second-order valence-corrected chi connectivity index (χ2v) is 6.27. The number of carbonyl (C=O) groups is 1. The predicted molar refractivity (Wildman–Crippen MR) is 102 cm³/mol. The summed E-state index contributed by atoms with van der Waals surface area (Å²) in [4.78, 5) is 21.9.